The third-order valence-corrected chi connectivity index (χ3v) is 1.76. The van der Waals surface area contributed by atoms with Gasteiger partial charge in [-0.3, -0.25) is 0 Å². The van der Waals surface area contributed by atoms with E-state index in [4.69, 9.17) is 5.11 Å². The lowest BCUT2D eigenvalue weighted by molar-refractivity contribution is 0.274. The first-order chi connectivity index (χ1) is 4.85. The quantitative estimate of drug-likeness (QED) is 0.587. The van der Waals surface area contributed by atoms with Crippen LogP contribution in [0.15, 0.2) is 0 Å². The molecular formula is C8H19NO. The molecule has 62 valence electrons. The Balaban J connectivity index is 3.21. The lowest BCUT2D eigenvalue weighted by atomic mass is 10.1. The summed E-state index contributed by atoms with van der Waals surface area (Å²) in [5.41, 5.74) is 0. The van der Waals surface area contributed by atoms with Crippen LogP contribution < -0.4 is 5.32 Å². The van der Waals surface area contributed by atoms with Crippen LogP contribution in [0.3, 0.4) is 0 Å². The van der Waals surface area contributed by atoms with Gasteiger partial charge in [0.05, 0.1) is 0 Å². The first-order valence-corrected chi connectivity index (χ1v) is 4.13. The molecule has 10 heavy (non-hydrogen) atoms. The monoisotopic (exact) mass is 145 g/mol. The molecule has 0 aliphatic heterocycles. The zero-order chi connectivity index (χ0) is 7.82. The van der Waals surface area contributed by atoms with Crippen LogP contribution in [-0.2, 0) is 0 Å². The molecule has 0 aliphatic carbocycles. The molecule has 0 amide bonds. The van der Waals surface area contributed by atoms with Crippen molar-refractivity contribution in [3.05, 3.63) is 0 Å². The second kappa shape index (κ2) is 7.03. The van der Waals surface area contributed by atoms with Gasteiger partial charge in [0.2, 0.25) is 0 Å². The highest BCUT2D eigenvalue weighted by Crippen LogP contribution is 2.02. The average molecular weight is 145 g/mol. The second-order valence-corrected chi connectivity index (χ2v) is 2.64. The molecular weight excluding hydrogens is 126 g/mol. The Morgan fingerprint density at radius 1 is 1.40 bits per heavy atom. The predicted octanol–water partition coefficient (Wildman–Crippen LogP) is 1.15. The molecule has 0 saturated heterocycles. The van der Waals surface area contributed by atoms with E-state index in [-0.39, 0.29) is 0 Å². The average Bonchev–Trinajstić information content (AvgIpc) is 1.98. The van der Waals surface area contributed by atoms with Gasteiger partial charge < -0.3 is 10.4 Å². The number of hydrogen-bond acceptors (Lipinski definition) is 2. The number of rotatable bonds is 6. The van der Waals surface area contributed by atoms with Gasteiger partial charge in [-0.15, -0.1) is 0 Å². The standard InChI is InChI=1S/C8H19NO/c1-3-5-8(9-2)6-4-7-10/h8-10H,3-7H2,1-2H3. The van der Waals surface area contributed by atoms with Gasteiger partial charge in [0.25, 0.3) is 0 Å². The van der Waals surface area contributed by atoms with Gasteiger partial charge in [0.1, 0.15) is 0 Å². The summed E-state index contributed by atoms with van der Waals surface area (Å²) < 4.78 is 0. The van der Waals surface area contributed by atoms with Gasteiger partial charge in [0.15, 0.2) is 0 Å². The maximum atomic E-state index is 8.55. The summed E-state index contributed by atoms with van der Waals surface area (Å²) in [7, 11) is 1.98. The second-order valence-electron chi connectivity index (χ2n) is 2.64. The fourth-order valence-electron chi connectivity index (χ4n) is 1.12. The summed E-state index contributed by atoms with van der Waals surface area (Å²) >= 11 is 0. The van der Waals surface area contributed by atoms with Crippen molar-refractivity contribution in [3.8, 4) is 0 Å². The molecule has 1 atom stereocenters. The van der Waals surface area contributed by atoms with Crippen molar-refractivity contribution in [1.29, 1.82) is 0 Å². The van der Waals surface area contributed by atoms with E-state index < -0.39 is 0 Å². The van der Waals surface area contributed by atoms with Crippen LogP contribution in [0.1, 0.15) is 32.6 Å². The molecule has 0 spiro atoms. The van der Waals surface area contributed by atoms with Gasteiger partial charge in [0, 0.05) is 12.6 Å². The maximum absolute atomic E-state index is 8.55. The van der Waals surface area contributed by atoms with E-state index >= 15 is 0 Å². The Kier molecular flexibility index (Phi) is 6.98. The van der Waals surface area contributed by atoms with Crippen molar-refractivity contribution in [1.82, 2.24) is 5.32 Å². The maximum Gasteiger partial charge on any atom is 0.0431 e. The van der Waals surface area contributed by atoms with Crippen LogP contribution in [0.2, 0.25) is 0 Å². The SMILES string of the molecule is CCCC(CCCO)NC. The molecule has 0 saturated carbocycles. The fourth-order valence-corrected chi connectivity index (χ4v) is 1.12. The normalized spacial score (nSPS) is 13.5. The Hall–Kier alpha value is -0.0800. The molecule has 0 aromatic carbocycles. The third kappa shape index (κ3) is 4.77. The van der Waals surface area contributed by atoms with E-state index in [1.807, 2.05) is 7.05 Å². The topological polar surface area (TPSA) is 32.3 Å². The first-order valence-electron chi connectivity index (χ1n) is 4.13. The lowest BCUT2D eigenvalue weighted by Crippen LogP contribution is -2.24. The van der Waals surface area contributed by atoms with Crippen molar-refractivity contribution in [2.24, 2.45) is 0 Å². The van der Waals surface area contributed by atoms with Crippen molar-refractivity contribution in [2.75, 3.05) is 13.7 Å². The van der Waals surface area contributed by atoms with Gasteiger partial charge in [-0.2, -0.15) is 0 Å². The highest BCUT2D eigenvalue weighted by atomic mass is 16.2. The van der Waals surface area contributed by atoms with Gasteiger partial charge in [-0.25, -0.2) is 0 Å². The summed E-state index contributed by atoms with van der Waals surface area (Å²) in [6, 6.07) is 0.608. The molecule has 0 bridgehead atoms. The molecule has 1 unspecified atom stereocenters. The van der Waals surface area contributed by atoms with Crippen LogP contribution in [0.5, 0.6) is 0 Å². The number of aliphatic hydroxyl groups is 1. The minimum Gasteiger partial charge on any atom is -0.396 e. The molecule has 0 radical (unpaired) electrons. The molecule has 0 heterocycles. The van der Waals surface area contributed by atoms with Crippen LogP contribution in [0.25, 0.3) is 0 Å². The number of nitrogens with one attached hydrogen (secondary N) is 1. The first kappa shape index (κ1) is 9.92. The van der Waals surface area contributed by atoms with E-state index in [9.17, 15) is 0 Å². The summed E-state index contributed by atoms with van der Waals surface area (Å²) in [6.45, 7) is 2.51. The molecule has 0 aromatic rings. The van der Waals surface area contributed by atoms with Crippen LogP contribution >= 0.6 is 0 Å². The van der Waals surface area contributed by atoms with Crippen molar-refractivity contribution in [3.63, 3.8) is 0 Å². The zero-order valence-electron chi connectivity index (χ0n) is 7.06. The highest BCUT2D eigenvalue weighted by molar-refractivity contribution is 4.62. The smallest absolute Gasteiger partial charge is 0.0431 e. The Labute approximate surface area is 63.6 Å². The lowest BCUT2D eigenvalue weighted by Gasteiger charge is -2.13. The molecule has 0 aliphatic rings. The van der Waals surface area contributed by atoms with Crippen LogP contribution in [0.4, 0.5) is 0 Å². The largest absolute Gasteiger partial charge is 0.396 e. The van der Waals surface area contributed by atoms with E-state index in [1.165, 1.54) is 12.8 Å². The minimum atomic E-state index is 0.321. The predicted molar refractivity (Wildman–Crippen MR) is 44.1 cm³/mol. The van der Waals surface area contributed by atoms with E-state index in [2.05, 4.69) is 12.2 Å². The molecule has 0 aromatic heterocycles. The number of hydrogen-bond donors (Lipinski definition) is 2. The molecule has 2 N–H and O–H groups in total. The van der Waals surface area contributed by atoms with Crippen molar-refractivity contribution in [2.45, 2.75) is 38.6 Å². The van der Waals surface area contributed by atoms with Crippen LogP contribution in [0, 0.1) is 0 Å². The molecule has 0 fully saturated rings. The van der Waals surface area contributed by atoms with Crippen molar-refractivity contribution >= 4 is 0 Å². The van der Waals surface area contributed by atoms with Gasteiger partial charge in [-0.05, 0) is 26.3 Å². The Bertz CT molecular complexity index is 66.3. The Morgan fingerprint density at radius 3 is 2.50 bits per heavy atom. The molecule has 0 rings (SSSR count). The number of aliphatic hydroxyl groups excluding tert-OH is 1. The fraction of sp³-hybridized carbons (Fsp3) is 1.00. The summed E-state index contributed by atoms with van der Waals surface area (Å²) in [5, 5.41) is 11.8. The minimum absolute atomic E-state index is 0.321. The summed E-state index contributed by atoms with van der Waals surface area (Å²) in [4.78, 5) is 0. The Morgan fingerprint density at radius 2 is 2.10 bits per heavy atom. The van der Waals surface area contributed by atoms with E-state index in [0.717, 1.165) is 12.8 Å². The van der Waals surface area contributed by atoms with Gasteiger partial charge >= 0.3 is 0 Å². The van der Waals surface area contributed by atoms with Gasteiger partial charge in [-0.1, -0.05) is 13.3 Å². The van der Waals surface area contributed by atoms with E-state index in [1.54, 1.807) is 0 Å². The highest BCUT2D eigenvalue weighted by Gasteiger charge is 2.02. The molecule has 2 heteroatoms. The molecule has 2 nitrogen and oxygen atoms in total. The van der Waals surface area contributed by atoms with Crippen LogP contribution in [-0.4, -0.2) is 24.8 Å². The third-order valence-electron chi connectivity index (χ3n) is 1.76. The van der Waals surface area contributed by atoms with Crippen molar-refractivity contribution < 1.29 is 5.11 Å². The van der Waals surface area contributed by atoms with E-state index in [0.29, 0.717) is 12.6 Å². The summed E-state index contributed by atoms with van der Waals surface area (Å²) in [5.74, 6) is 0. The zero-order valence-corrected chi connectivity index (χ0v) is 7.06. The summed E-state index contributed by atoms with van der Waals surface area (Å²) in [6.07, 6.45) is 4.46.